The highest BCUT2D eigenvalue weighted by atomic mass is 32.2. The number of amides is 1. The molecule has 0 aliphatic rings. The Kier molecular flexibility index (Phi) is 6.71. The third kappa shape index (κ3) is 5.37. The molecule has 2 rings (SSSR count). The second-order valence-corrected chi connectivity index (χ2v) is 8.93. The van der Waals surface area contributed by atoms with Crippen molar-refractivity contribution in [3.8, 4) is 0 Å². The zero-order valence-corrected chi connectivity index (χ0v) is 16.2. The van der Waals surface area contributed by atoms with Gasteiger partial charge >= 0.3 is 0 Å². The van der Waals surface area contributed by atoms with E-state index in [2.05, 4.69) is 5.32 Å². The van der Waals surface area contributed by atoms with Crippen LogP contribution in [0, 0.1) is 0 Å². The van der Waals surface area contributed by atoms with E-state index in [9.17, 15) is 13.2 Å². The number of nitrogens with zero attached hydrogens (tertiary/aromatic N) is 2. The number of benzene rings is 1. The van der Waals surface area contributed by atoms with E-state index in [1.54, 1.807) is 23.5 Å². The molecule has 136 valence electrons. The van der Waals surface area contributed by atoms with E-state index in [0.29, 0.717) is 5.69 Å². The van der Waals surface area contributed by atoms with Crippen LogP contribution in [-0.2, 0) is 21.4 Å². The highest BCUT2D eigenvalue weighted by molar-refractivity contribution is 7.89. The van der Waals surface area contributed by atoms with Crippen molar-refractivity contribution in [1.82, 2.24) is 9.21 Å². The number of anilines is 1. The Morgan fingerprint density at radius 3 is 2.56 bits per heavy atom. The summed E-state index contributed by atoms with van der Waals surface area (Å²) in [6, 6.07) is 10.3. The van der Waals surface area contributed by atoms with Crippen LogP contribution in [0.2, 0.25) is 0 Å². The molecular weight excluding hydrogens is 358 g/mol. The van der Waals surface area contributed by atoms with Gasteiger partial charge in [0.2, 0.25) is 15.9 Å². The standard InChI is InChI=1S/C17H23N3O3S2/c1-4-20(12-15-8-6-10-24-15)13-17(21)18-14-7-5-9-16(11-14)25(22,23)19(2)3/h5-11H,4,12-13H2,1-3H3,(H,18,21). The monoisotopic (exact) mass is 381 g/mol. The molecule has 1 N–H and O–H groups in total. The van der Waals surface area contributed by atoms with Crippen LogP contribution in [0.1, 0.15) is 11.8 Å². The summed E-state index contributed by atoms with van der Waals surface area (Å²) in [5.41, 5.74) is 0.472. The maximum absolute atomic E-state index is 12.3. The van der Waals surface area contributed by atoms with E-state index in [1.165, 1.54) is 31.1 Å². The fraction of sp³-hybridized carbons (Fsp3) is 0.353. The molecule has 1 heterocycles. The maximum atomic E-state index is 12.3. The van der Waals surface area contributed by atoms with Crippen LogP contribution in [0.15, 0.2) is 46.7 Å². The molecule has 0 fully saturated rings. The van der Waals surface area contributed by atoms with Crippen LogP contribution < -0.4 is 5.32 Å². The minimum Gasteiger partial charge on any atom is -0.325 e. The molecule has 1 amide bonds. The van der Waals surface area contributed by atoms with Gasteiger partial charge in [-0.05, 0) is 36.2 Å². The molecule has 0 aliphatic carbocycles. The van der Waals surface area contributed by atoms with Crippen molar-refractivity contribution in [1.29, 1.82) is 0 Å². The van der Waals surface area contributed by atoms with Gasteiger partial charge in [0.15, 0.2) is 0 Å². The number of nitrogens with one attached hydrogen (secondary N) is 1. The summed E-state index contributed by atoms with van der Waals surface area (Å²) in [6.45, 7) is 3.72. The Hall–Kier alpha value is -1.74. The summed E-state index contributed by atoms with van der Waals surface area (Å²) >= 11 is 1.66. The third-order valence-electron chi connectivity index (χ3n) is 3.67. The second kappa shape index (κ2) is 8.57. The lowest BCUT2D eigenvalue weighted by Crippen LogP contribution is -2.32. The molecule has 0 bridgehead atoms. The molecular formula is C17H23N3O3S2. The van der Waals surface area contributed by atoms with Crippen molar-refractivity contribution in [3.63, 3.8) is 0 Å². The molecule has 2 aromatic rings. The van der Waals surface area contributed by atoms with Gasteiger partial charge in [0.1, 0.15) is 0 Å². The van der Waals surface area contributed by atoms with Crippen molar-refractivity contribution in [2.75, 3.05) is 32.5 Å². The average Bonchev–Trinajstić information content (AvgIpc) is 3.07. The van der Waals surface area contributed by atoms with Gasteiger partial charge in [-0.2, -0.15) is 0 Å². The lowest BCUT2D eigenvalue weighted by molar-refractivity contribution is -0.117. The molecule has 1 aromatic carbocycles. The molecule has 0 radical (unpaired) electrons. The Morgan fingerprint density at radius 1 is 1.20 bits per heavy atom. The van der Waals surface area contributed by atoms with Crippen molar-refractivity contribution >= 4 is 33.0 Å². The lowest BCUT2D eigenvalue weighted by Gasteiger charge is -2.19. The Balaban J connectivity index is 2.02. The Bertz CT molecular complexity index is 802. The predicted molar refractivity (Wildman–Crippen MR) is 101 cm³/mol. The quantitative estimate of drug-likeness (QED) is 0.763. The number of hydrogen-bond donors (Lipinski definition) is 1. The van der Waals surface area contributed by atoms with Crippen LogP contribution in [-0.4, -0.2) is 50.7 Å². The van der Waals surface area contributed by atoms with Crippen molar-refractivity contribution in [3.05, 3.63) is 46.7 Å². The highest BCUT2D eigenvalue weighted by Crippen LogP contribution is 2.18. The minimum atomic E-state index is -3.52. The largest absolute Gasteiger partial charge is 0.325 e. The van der Waals surface area contributed by atoms with Crippen LogP contribution >= 0.6 is 11.3 Å². The maximum Gasteiger partial charge on any atom is 0.242 e. The van der Waals surface area contributed by atoms with Crippen LogP contribution in [0.25, 0.3) is 0 Å². The van der Waals surface area contributed by atoms with Crippen molar-refractivity contribution in [2.24, 2.45) is 0 Å². The molecule has 0 saturated carbocycles. The SMILES string of the molecule is CCN(CC(=O)Nc1cccc(S(=O)(=O)N(C)C)c1)Cc1cccs1. The van der Waals surface area contributed by atoms with Gasteiger partial charge in [-0.1, -0.05) is 19.1 Å². The molecule has 8 heteroatoms. The minimum absolute atomic E-state index is 0.154. The summed E-state index contributed by atoms with van der Waals surface area (Å²) in [5, 5.41) is 4.79. The number of likely N-dealkylation sites (N-methyl/N-ethyl adjacent to an activating group) is 1. The van der Waals surface area contributed by atoms with E-state index >= 15 is 0 Å². The van der Waals surface area contributed by atoms with Crippen LogP contribution in [0.5, 0.6) is 0 Å². The van der Waals surface area contributed by atoms with Gasteiger partial charge in [0, 0.05) is 31.2 Å². The van der Waals surface area contributed by atoms with Gasteiger partial charge in [-0.25, -0.2) is 12.7 Å². The van der Waals surface area contributed by atoms with Gasteiger partial charge in [0.25, 0.3) is 0 Å². The molecule has 0 atom stereocenters. The first-order valence-electron chi connectivity index (χ1n) is 7.90. The van der Waals surface area contributed by atoms with Crippen LogP contribution in [0.4, 0.5) is 5.69 Å². The summed E-state index contributed by atoms with van der Waals surface area (Å²) in [5.74, 6) is -0.169. The number of thiophene rings is 1. The average molecular weight is 382 g/mol. The van der Waals surface area contributed by atoms with Crippen molar-refractivity contribution < 1.29 is 13.2 Å². The van der Waals surface area contributed by atoms with E-state index in [1.807, 2.05) is 29.3 Å². The van der Waals surface area contributed by atoms with Gasteiger partial charge in [-0.3, -0.25) is 9.69 Å². The molecule has 6 nitrogen and oxygen atoms in total. The van der Waals surface area contributed by atoms with Gasteiger partial charge in [0.05, 0.1) is 11.4 Å². The second-order valence-electron chi connectivity index (χ2n) is 5.75. The first-order valence-corrected chi connectivity index (χ1v) is 10.2. The summed E-state index contributed by atoms with van der Waals surface area (Å²) in [7, 11) is -0.571. The highest BCUT2D eigenvalue weighted by Gasteiger charge is 2.18. The smallest absolute Gasteiger partial charge is 0.242 e. The molecule has 1 aromatic heterocycles. The van der Waals surface area contributed by atoms with Gasteiger partial charge in [-0.15, -0.1) is 11.3 Å². The number of rotatable bonds is 8. The lowest BCUT2D eigenvalue weighted by atomic mass is 10.3. The fourth-order valence-corrected chi connectivity index (χ4v) is 3.95. The first-order chi connectivity index (χ1) is 11.8. The number of carbonyl (C=O) groups is 1. The van der Waals surface area contributed by atoms with Crippen molar-refractivity contribution in [2.45, 2.75) is 18.4 Å². The van der Waals surface area contributed by atoms with Crippen LogP contribution in [0.3, 0.4) is 0 Å². The predicted octanol–water partition coefficient (Wildman–Crippen LogP) is 2.46. The Morgan fingerprint density at radius 2 is 1.96 bits per heavy atom. The Labute approximate surface area is 153 Å². The van der Waals surface area contributed by atoms with Gasteiger partial charge < -0.3 is 5.32 Å². The van der Waals surface area contributed by atoms with E-state index in [0.717, 1.165) is 17.4 Å². The third-order valence-corrected chi connectivity index (χ3v) is 6.34. The van der Waals surface area contributed by atoms with E-state index in [4.69, 9.17) is 0 Å². The molecule has 0 aliphatic heterocycles. The molecule has 25 heavy (non-hydrogen) atoms. The number of sulfonamides is 1. The summed E-state index contributed by atoms with van der Waals surface area (Å²) in [4.78, 5) is 15.7. The summed E-state index contributed by atoms with van der Waals surface area (Å²) in [6.07, 6.45) is 0. The zero-order valence-electron chi connectivity index (χ0n) is 14.6. The van der Waals surface area contributed by atoms with E-state index in [-0.39, 0.29) is 17.3 Å². The first kappa shape index (κ1) is 19.6. The topological polar surface area (TPSA) is 69.7 Å². The molecule has 0 spiro atoms. The fourth-order valence-electron chi connectivity index (χ4n) is 2.25. The number of carbonyl (C=O) groups excluding carboxylic acids is 1. The molecule has 0 saturated heterocycles. The molecule has 0 unspecified atom stereocenters. The zero-order chi connectivity index (χ0) is 18.4. The summed E-state index contributed by atoms with van der Waals surface area (Å²) < 4.78 is 25.5. The normalized spacial score (nSPS) is 11.9. The van der Waals surface area contributed by atoms with E-state index < -0.39 is 10.0 Å². The number of hydrogen-bond acceptors (Lipinski definition) is 5.